The molecule has 0 saturated carbocycles. The highest BCUT2D eigenvalue weighted by Gasteiger charge is 2.18. The van der Waals surface area contributed by atoms with E-state index in [4.69, 9.17) is 51.1 Å². The van der Waals surface area contributed by atoms with Crippen LogP contribution in [0.1, 0.15) is 35.9 Å². The Bertz CT molecular complexity index is 1000. The van der Waals surface area contributed by atoms with Gasteiger partial charge in [0.15, 0.2) is 16.7 Å². The summed E-state index contributed by atoms with van der Waals surface area (Å²) in [6.07, 6.45) is 5.29. The average molecular weight is 504 g/mol. The number of hydrogen-bond donors (Lipinski definition) is 0. The van der Waals surface area contributed by atoms with Crippen molar-refractivity contribution < 1.29 is 9.53 Å². The molecule has 4 nitrogen and oxygen atoms in total. The summed E-state index contributed by atoms with van der Waals surface area (Å²) in [6.45, 7) is 2.48. The Morgan fingerprint density at radius 2 is 1.93 bits per heavy atom. The number of nitrogens with zero attached hydrogens (tertiary/aromatic N) is 2. The molecule has 2 heterocycles. The Kier molecular flexibility index (Phi) is 8.37. The van der Waals surface area contributed by atoms with E-state index in [0.29, 0.717) is 50.2 Å². The maximum absolute atomic E-state index is 12.6. The summed E-state index contributed by atoms with van der Waals surface area (Å²) in [7, 11) is 0. The van der Waals surface area contributed by atoms with Crippen LogP contribution in [0.15, 0.2) is 36.7 Å². The highest BCUT2D eigenvalue weighted by atomic mass is 35.5. The molecule has 1 aromatic carbocycles. The maximum atomic E-state index is 12.6. The van der Waals surface area contributed by atoms with E-state index in [1.54, 1.807) is 24.5 Å². The second-order valence-corrected chi connectivity index (χ2v) is 9.42. The molecule has 0 aliphatic heterocycles. The van der Waals surface area contributed by atoms with Crippen LogP contribution in [0.2, 0.25) is 20.2 Å². The van der Waals surface area contributed by atoms with Crippen molar-refractivity contribution in [3.8, 4) is 16.3 Å². The molecule has 30 heavy (non-hydrogen) atoms. The van der Waals surface area contributed by atoms with E-state index in [9.17, 15) is 4.79 Å². The molecule has 3 aromatic rings. The molecule has 1 unspecified atom stereocenters. The van der Waals surface area contributed by atoms with Gasteiger partial charge in [0.05, 0.1) is 16.7 Å². The van der Waals surface area contributed by atoms with Gasteiger partial charge in [-0.3, -0.25) is 9.78 Å². The molecule has 0 N–H and O–H groups in total. The number of Topliss-reactive ketones (excluding diaryl/α,β-unsaturated/α-hetero) is 1. The minimum atomic E-state index is -0.00968. The lowest BCUT2D eigenvalue weighted by Crippen LogP contribution is -2.10. The molecule has 0 fully saturated rings. The summed E-state index contributed by atoms with van der Waals surface area (Å²) in [5.74, 6) is 0.623. The topological polar surface area (TPSA) is 52.1 Å². The summed E-state index contributed by atoms with van der Waals surface area (Å²) >= 11 is 25.7. The van der Waals surface area contributed by atoms with Crippen LogP contribution in [0.3, 0.4) is 0 Å². The van der Waals surface area contributed by atoms with Crippen LogP contribution in [0.25, 0.3) is 10.6 Å². The number of thiazole rings is 1. The second kappa shape index (κ2) is 10.8. The Morgan fingerprint density at radius 3 is 2.60 bits per heavy atom. The summed E-state index contributed by atoms with van der Waals surface area (Å²) < 4.78 is 5.76. The van der Waals surface area contributed by atoms with Crippen LogP contribution < -0.4 is 4.74 Å². The SMILES string of the molecule is CC(CCCC(=O)c1sc(-c2cccnc2)nc1Cl)COc1c(Cl)cc(Cl)cc1Cl. The van der Waals surface area contributed by atoms with Crippen LogP contribution in [0.4, 0.5) is 0 Å². The van der Waals surface area contributed by atoms with Gasteiger partial charge in [-0.2, -0.15) is 0 Å². The van der Waals surface area contributed by atoms with Crippen molar-refractivity contribution in [2.45, 2.75) is 26.2 Å². The molecule has 9 heteroatoms. The molecular weight excluding hydrogens is 486 g/mol. The number of ether oxygens (including phenoxy) is 1. The molecule has 0 radical (unpaired) electrons. The van der Waals surface area contributed by atoms with Gasteiger partial charge in [-0.15, -0.1) is 11.3 Å². The van der Waals surface area contributed by atoms with Crippen LogP contribution in [-0.2, 0) is 0 Å². The first-order valence-corrected chi connectivity index (χ1v) is 11.5. The van der Waals surface area contributed by atoms with Crippen molar-refractivity contribution in [3.63, 3.8) is 0 Å². The Hall–Kier alpha value is -1.37. The van der Waals surface area contributed by atoms with Gasteiger partial charge in [-0.25, -0.2) is 4.98 Å². The minimum Gasteiger partial charge on any atom is -0.490 e. The van der Waals surface area contributed by atoms with E-state index in [2.05, 4.69) is 9.97 Å². The molecule has 3 rings (SSSR count). The lowest BCUT2D eigenvalue weighted by Gasteiger charge is -2.15. The zero-order valence-corrected chi connectivity index (χ0v) is 19.8. The van der Waals surface area contributed by atoms with Crippen LogP contribution in [0, 0.1) is 5.92 Å². The molecule has 158 valence electrons. The lowest BCUT2D eigenvalue weighted by molar-refractivity contribution is 0.0980. The Labute approximate surface area is 199 Å². The standard InChI is InChI=1S/C21H18Cl4N2O2S/c1-12(11-29-18-15(23)8-14(22)9-16(18)24)4-2-6-17(28)19-20(25)27-21(30-19)13-5-3-7-26-10-13/h3,5,7-10,12H,2,4,6,11H2,1H3. The number of pyridine rings is 1. The third kappa shape index (κ3) is 6.08. The fourth-order valence-corrected chi connectivity index (χ4v) is 4.98. The first-order chi connectivity index (χ1) is 14.3. The monoisotopic (exact) mass is 502 g/mol. The van der Waals surface area contributed by atoms with Crippen molar-refractivity contribution in [2.75, 3.05) is 6.61 Å². The minimum absolute atomic E-state index is 0.00968. The maximum Gasteiger partial charge on any atom is 0.176 e. The molecular formula is C21H18Cl4N2O2S. The number of halogens is 4. The number of ketones is 1. The molecule has 0 amide bonds. The molecule has 0 aliphatic rings. The summed E-state index contributed by atoms with van der Waals surface area (Å²) in [5, 5.41) is 2.14. The normalized spacial score (nSPS) is 12.0. The highest BCUT2D eigenvalue weighted by molar-refractivity contribution is 7.17. The fourth-order valence-electron chi connectivity index (χ4n) is 2.79. The van der Waals surface area contributed by atoms with E-state index >= 15 is 0 Å². The lowest BCUT2D eigenvalue weighted by atomic mass is 10.0. The van der Waals surface area contributed by atoms with Crippen molar-refractivity contribution >= 4 is 63.5 Å². The van der Waals surface area contributed by atoms with Crippen LogP contribution >= 0.6 is 57.7 Å². The van der Waals surface area contributed by atoms with Gasteiger partial charge in [0, 0.05) is 29.4 Å². The van der Waals surface area contributed by atoms with Gasteiger partial charge < -0.3 is 4.74 Å². The molecule has 0 bridgehead atoms. The molecule has 0 saturated heterocycles. The average Bonchev–Trinajstić information content (AvgIpc) is 3.09. The molecule has 1 atom stereocenters. The van der Waals surface area contributed by atoms with E-state index in [1.807, 2.05) is 19.1 Å². The van der Waals surface area contributed by atoms with Gasteiger partial charge >= 0.3 is 0 Å². The van der Waals surface area contributed by atoms with Crippen molar-refractivity contribution in [2.24, 2.45) is 5.92 Å². The van der Waals surface area contributed by atoms with Gasteiger partial charge in [0.2, 0.25) is 0 Å². The van der Waals surface area contributed by atoms with Crippen molar-refractivity contribution in [1.29, 1.82) is 0 Å². The first-order valence-electron chi connectivity index (χ1n) is 9.22. The predicted molar refractivity (Wildman–Crippen MR) is 125 cm³/mol. The van der Waals surface area contributed by atoms with Gasteiger partial charge in [-0.05, 0) is 43.0 Å². The third-order valence-electron chi connectivity index (χ3n) is 4.32. The number of carbonyl (C=O) groups excluding carboxylic acids is 1. The smallest absolute Gasteiger partial charge is 0.176 e. The number of carbonyl (C=O) groups is 1. The number of rotatable bonds is 9. The van der Waals surface area contributed by atoms with Gasteiger partial charge in [0.1, 0.15) is 9.88 Å². The summed E-state index contributed by atoms with van der Waals surface area (Å²) in [6, 6.07) is 6.88. The van der Waals surface area contributed by atoms with E-state index in [0.717, 1.165) is 12.0 Å². The van der Waals surface area contributed by atoms with Gasteiger partial charge in [-0.1, -0.05) is 53.3 Å². The third-order valence-corrected chi connectivity index (χ3v) is 6.63. The molecule has 0 aliphatic carbocycles. The largest absolute Gasteiger partial charge is 0.490 e. The van der Waals surface area contributed by atoms with Crippen molar-refractivity contribution in [1.82, 2.24) is 9.97 Å². The van der Waals surface area contributed by atoms with Gasteiger partial charge in [0.25, 0.3) is 0 Å². The quantitative estimate of drug-likeness (QED) is 0.278. The zero-order valence-electron chi connectivity index (χ0n) is 16.0. The van der Waals surface area contributed by atoms with E-state index in [1.165, 1.54) is 11.3 Å². The second-order valence-electron chi connectivity index (χ2n) is 6.81. The van der Waals surface area contributed by atoms with E-state index in [-0.39, 0.29) is 16.9 Å². The first kappa shape index (κ1) is 23.3. The molecule has 0 spiro atoms. The molecule has 2 aromatic heterocycles. The number of aromatic nitrogens is 2. The summed E-state index contributed by atoms with van der Waals surface area (Å²) in [4.78, 5) is 21.4. The Morgan fingerprint density at radius 1 is 1.20 bits per heavy atom. The van der Waals surface area contributed by atoms with E-state index < -0.39 is 0 Å². The number of hydrogen-bond acceptors (Lipinski definition) is 5. The summed E-state index contributed by atoms with van der Waals surface area (Å²) in [5.41, 5.74) is 0.841. The predicted octanol–water partition coefficient (Wildman–Crippen LogP) is 7.89. The van der Waals surface area contributed by atoms with Crippen LogP contribution in [-0.4, -0.2) is 22.4 Å². The number of benzene rings is 1. The Balaban J connectivity index is 1.49. The highest BCUT2D eigenvalue weighted by Crippen LogP contribution is 2.36. The van der Waals surface area contributed by atoms with Crippen molar-refractivity contribution in [3.05, 3.63) is 61.8 Å². The zero-order chi connectivity index (χ0) is 21.7. The van der Waals surface area contributed by atoms with Crippen LogP contribution in [0.5, 0.6) is 5.75 Å². The fraction of sp³-hybridized carbons (Fsp3) is 0.286.